The molecule has 0 radical (unpaired) electrons. The van der Waals surface area contributed by atoms with Crippen LogP contribution in [0.25, 0.3) is 0 Å². The van der Waals surface area contributed by atoms with E-state index in [-0.39, 0.29) is 56.3 Å². The summed E-state index contributed by atoms with van der Waals surface area (Å²) in [6.45, 7) is 0.518. The SMILES string of the molecule is CC(=O)OCc1ccc(C=O)o1.O.O.O=Cc1ccc(CO)o1.OC[C@@H]1O[C@H](CO)[C@H](O)[C@@H]1O.[H+]. The minimum Gasteiger partial charge on any atom is -0.458 e. The Kier molecular flexibility index (Phi) is 17.1. The van der Waals surface area contributed by atoms with Crippen molar-refractivity contribution in [1.82, 2.24) is 0 Å². The molecule has 0 bridgehead atoms. The number of aldehydes is 2. The lowest BCUT2D eigenvalue weighted by Gasteiger charge is -2.10. The van der Waals surface area contributed by atoms with E-state index in [4.69, 9.17) is 39.1 Å². The van der Waals surface area contributed by atoms with Gasteiger partial charge in [0.15, 0.2) is 24.1 Å². The summed E-state index contributed by atoms with van der Waals surface area (Å²) in [5, 5.41) is 43.8. The highest BCUT2D eigenvalue weighted by Gasteiger charge is 2.41. The molecule has 0 saturated carbocycles. The highest BCUT2D eigenvalue weighted by atomic mass is 16.6. The predicted octanol–water partition coefficient (Wildman–Crippen LogP) is -2.34. The van der Waals surface area contributed by atoms with Crippen LogP contribution in [-0.4, -0.2) is 92.7 Å². The second kappa shape index (κ2) is 17.5. The van der Waals surface area contributed by atoms with Crippen LogP contribution in [0.5, 0.6) is 0 Å². The second-order valence-electron chi connectivity index (χ2n) is 6.34. The minimum atomic E-state index is -1.10. The van der Waals surface area contributed by atoms with Gasteiger partial charge < -0.3 is 54.8 Å². The van der Waals surface area contributed by atoms with Crippen LogP contribution in [0, 0.1) is 0 Å². The molecule has 1 saturated heterocycles. The van der Waals surface area contributed by atoms with Crippen LogP contribution in [-0.2, 0) is 27.5 Å². The maximum absolute atomic E-state index is 10.4. The Balaban J connectivity index is -0.000000424. The fourth-order valence-corrected chi connectivity index (χ4v) is 2.38. The van der Waals surface area contributed by atoms with Crippen molar-refractivity contribution in [3.8, 4) is 0 Å². The maximum Gasteiger partial charge on any atom is 1.00 e. The highest BCUT2D eigenvalue weighted by molar-refractivity contribution is 5.70. The van der Waals surface area contributed by atoms with Gasteiger partial charge in [0.1, 0.15) is 49.2 Å². The molecule has 14 heteroatoms. The molecule has 2 aromatic rings. The van der Waals surface area contributed by atoms with Crippen molar-refractivity contribution in [2.45, 2.75) is 44.6 Å². The third-order valence-electron chi connectivity index (χ3n) is 3.99. The van der Waals surface area contributed by atoms with Crippen molar-refractivity contribution in [3.05, 3.63) is 47.3 Å². The topological polar surface area (TPSA) is 260 Å². The molecule has 0 spiro atoms. The van der Waals surface area contributed by atoms with Crippen molar-refractivity contribution in [2.75, 3.05) is 13.2 Å². The normalized spacial score (nSPS) is 20.3. The van der Waals surface area contributed by atoms with Gasteiger partial charge in [-0.2, -0.15) is 0 Å². The third-order valence-corrected chi connectivity index (χ3v) is 3.99. The van der Waals surface area contributed by atoms with Gasteiger partial charge in [0, 0.05) is 6.92 Å². The van der Waals surface area contributed by atoms with Crippen LogP contribution >= 0.6 is 0 Å². The number of aliphatic hydroxyl groups is 5. The number of carbonyl (C=O) groups is 3. The molecule has 9 N–H and O–H groups in total. The van der Waals surface area contributed by atoms with Crippen molar-refractivity contribution in [1.29, 1.82) is 0 Å². The zero-order chi connectivity index (χ0) is 24.1. The zero-order valence-corrected chi connectivity index (χ0v) is 18.2. The lowest BCUT2D eigenvalue weighted by molar-refractivity contribution is -0.142. The van der Waals surface area contributed by atoms with Crippen LogP contribution in [0.3, 0.4) is 0 Å². The first-order valence-corrected chi connectivity index (χ1v) is 9.34. The van der Waals surface area contributed by atoms with Gasteiger partial charge in [0.25, 0.3) is 0 Å². The Morgan fingerprint density at radius 3 is 1.65 bits per heavy atom. The summed E-state index contributed by atoms with van der Waals surface area (Å²) >= 11 is 0. The fourth-order valence-electron chi connectivity index (χ4n) is 2.38. The summed E-state index contributed by atoms with van der Waals surface area (Å²) < 4.78 is 19.2. The number of hydrogen-bond donors (Lipinski definition) is 5. The summed E-state index contributed by atoms with van der Waals surface area (Å²) in [7, 11) is 0. The fraction of sp³-hybridized carbons (Fsp3) is 0.450. The van der Waals surface area contributed by atoms with E-state index in [9.17, 15) is 14.4 Å². The summed E-state index contributed by atoms with van der Waals surface area (Å²) in [5.41, 5.74) is 0. The average molecular weight is 495 g/mol. The van der Waals surface area contributed by atoms with Crippen LogP contribution in [0.15, 0.2) is 33.1 Å². The molecule has 3 heterocycles. The van der Waals surface area contributed by atoms with Gasteiger partial charge in [-0.05, 0) is 24.3 Å². The van der Waals surface area contributed by atoms with E-state index >= 15 is 0 Å². The number of furan rings is 2. The molecule has 0 aromatic carbocycles. The van der Waals surface area contributed by atoms with Crippen molar-refractivity contribution >= 4 is 18.5 Å². The number of hydrogen-bond acceptors (Lipinski definition) is 12. The highest BCUT2D eigenvalue weighted by Crippen LogP contribution is 2.20. The predicted molar refractivity (Wildman–Crippen MR) is 113 cm³/mol. The van der Waals surface area contributed by atoms with Crippen molar-refractivity contribution in [3.63, 3.8) is 0 Å². The Hall–Kier alpha value is -2.95. The Morgan fingerprint density at radius 1 is 0.912 bits per heavy atom. The molecule has 1 fully saturated rings. The van der Waals surface area contributed by atoms with E-state index in [1.165, 1.54) is 19.1 Å². The summed E-state index contributed by atoms with van der Waals surface area (Å²) in [6.07, 6.45) is -2.56. The maximum atomic E-state index is 10.4. The molecule has 1 aliphatic rings. The monoisotopic (exact) mass is 495 g/mol. The molecule has 1 aliphatic heterocycles. The Morgan fingerprint density at radius 2 is 1.35 bits per heavy atom. The molecule has 14 nitrogen and oxygen atoms in total. The minimum absolute atomic E-state index is 0. The number of aliphatic hydroxyl groups excluding tert-OH is 5. The molecule has 4 atom stereocenters. The van der Waals surface area contributed by atoms with E-state index < -0.39 is 24.4 Å². The van der Waals surface area contributed by atoms with E-state index in [2.05, 4.69) is 4.74 Å². The number of rotatable bonds is 7. The molecule has 34 heavy (non-hydrogen) atoms. The third kappa shape index (κ3) is 10.8. The van der Waals surface area contributed by atoms with Crippen LogP contribution in [0.2, 0.25) is 0 Å². The number of ether oxygens (including phenoxy) is 2. The quantitative estimate of drug-likeness (QED) is 0.200. The van der Waals surface area contributed by atoms with E-state index in [1.807, 2.05) is 0 Å². The molecule has 3 rings (SSSR count). The molecule has 0 aliphatic carbocycles. The summed E-state index contributed by atoms with van der Waals surface area (Å²) in [5.74, 6) is 0.986. The van der Waals surface area contributed by atoms with Crippen molar-refractivity contribution in [2.24, 2.45) is 0 Å². The van der Waals surface area contributed by atoms with Gasteiger partial charge in [0.2, 0.25) is 0 Å². The smallest absolute Gasteiger partial charge is 0.458 e. The standard InChI is InChI=1S/C8H8O4.C6H12O5.C6H6O3.2H2O/c1-6(10)11-5-8-3-2-7(4-9)12-8;7-1-3-5(9)6(10)4(2-8)11-3;7-3-5-1-2-6(4-8)9-5;;/h2-4H,5H2,1H3;3-10H,1-2H2;1-3,8H,4H2;2*1H2/p+1/t;3-,4+,5+,6-;;;. The van der Waals surface area contributed by atoms with E-state index in [0.29, 0.717) is 24.1 Å². The van der Waals surface area contributed by atoms with Gasteiger partial charge in [-0.1, -0.05) is 0 Å². The Labute approximate surface area is 195 Å². The molecular formula is C20H31O14+. The molecule has 0 amide bonds. The average Bonchev–Trinajstić information content (AvgIpc) is 3.53. The van der Waals surface area contributed by atoms with Crippen LogP contribution in [0.4, 0.5) is 0 Å². The molecule has 0 unspecified atom stereocenters. The van der Waals surface area contributed by atoms with Gasteiger partial charge in [-0.15, -0.1) is 0 Å². The second-order valence-corrected chi connectivity index (χ2v) is 6.34. The summed E-state index contributed by atoms with van der Waals surface area (Å²) in [6, 6.07) is 6.18. The lowest BCUT2D eigenvalue weighted by atomic mass is 10.1. The largest absolute Gasteiger partial charge is 1.00 e. The molecular weight excluding hydrogens is 464 g/mol. The van der Waals surface area contributed by atoms with Crippen LogP contribution in [0.1, 0.15) is 41.0 Å². The van der Waals surface area contributed by atoms with Crippen molar-refractivity contribution < 1.29 is 70.6 Å². The molecule has 194 valence electrons. The molecule has 2 aromatic heterocycles. The van der Waals surface area contributed by atoms with Gasteiger partial charge in [0.05, 0.1) is 13.2 Å². The first kappa shape index (κ1) is 33.2. The van der Waals surface area contributed by atoms with E-state index in [0.717, 1.165) is 0 Å². The number of esters is 1. The van der Waals surface area contributed by atoms with Gasteiger partial charge in [-0.25, -0.2) is 0 Å². The van der Waals surface area contributed by atoms with Crippen LogP contribution < -0.4 is 0 Å². The first-order valence-electron chi connectivity index (χ1n) is 9.34. The van der Waals surface area contributed by atoms with Gasteiger partial charge >= 0.3 is 7.40 Å². The van der Waals surface area contributed by atoms with Gasteiger partial charge in [-0.3, -0.25) is 14.4 Å². The first-order chi connectivity index (χ1) is 15.3. The Bertz CT molecular complexity index is 817. The summed E-state index contributed by atoms with van der Waals surface area (Å²) in [4.78, 5) is 30.5. The zero-order valence-electron chi connectivity index (χ0n) is 19.2. The lowest BCUT2D eigenvalue weighted by Crippen LogP contribution is -2.34. The number of carbonyl (C=O) groups excluding carboxylic acids is 3. The van der Waals surface area contributed by atoms with E-state index in [1.54, 1.807) is 12.1 Å².